The van der Waals surface area contributed by atoms with Gasteiger partial charge in [-0.2, -0.15) is 0 Å². The summed E-state index contributed by atoms with van der Waals surface area (Å²) in [6, 6.07) is 14.7. The van der Waals surface area contributed by atoms with Gasteiger partial charge in [0, 0.05) is 17.0 Å². The first-order valence-corrected chi connectivity index (χ1v) is 8.53. The molecule has 25 heavy (non-hydrogen) atoms. The maximum absolute atomic E-state index is 12.5. The molecule has 7 heteroatoms. The number of benzene rings is 2. The average molecular weight is 356 g/mol. The van der Waals surface area contributed by atoms with Crippen LogP contribution in [0.2, 0.25) is 0 Å². The van der Waals surface area contributed by atoms with E-state index in [2.05, 4.69) is 5.27 Å². The molecular formula is C18H16N2O4S. The third-order valence-electron chi connectivity index (χ3n) is 3.58. The van der Waals surface area contributed by atoms with Gasteiger partial charge in [0.05, 0.1) is 18.1 Å². The number of hydrogen-bond donors (Lipinski definition) is 0. The zero-order valence-corrected chi connectivity index (χ0v) is 14.6. The standard InChI is InChI=1S/C18H16N2O4S/c1-12-3-9-15(10-4-12)25-11-16(21)17-18(22)24-19-20(17)13-5-7-14(23-2)8-6-13/h3-10H,11H2,1-2H3. The Hall–Kier alpha value is -2.80. The van der Waals surface area contributed by atoms with Crippen molar-refractivity contribution in [3.63, 3.8) is 0 Å². The van der Waals surface area contributed by atoms with Gasteiger partial charge in [0.15, 0.2) is 5.95 Å². The minimum atomic E-state index is -0.745. The SMILES string of the molecule is COc1ccc(-[n+]2noc([O-])c2C(=O)CSc2ccc(C)cc2)cc1. The van der Waals surface area contributed by atoms with Gasteiger partial charge in [-0.1, -0.05) is 17.7 Å². The van der Waals surface area contributed by atoms with Crippen molar-refractivity contribution in [2.45, 2.75) is 11.8 Å². The monoisotopic (exact) mass is 356 g/mol. The number of hydrogen-bond acceptors (Lipinski definition) is 6. The molecular weight excluding hydrogens is 340 g/mol. The third-order valence-corrected chi connectivity index (χ3v) is 4.59. The van der Waals surface area contributed by atoms with E-state index in [1.165, 1.54) is 16.4 Å². The number of rotatable bonds is 6. The largest absolute Gasteiger partial charge is 0.539 e. The summed E-state index contributed by atoms with van der Waals surface area (Å²) in [5.74, 6) is -0.300. The molecule has 0 bridgehead atoms. The van der Waals surface area contributed by atoms with Crippen molar-refractivity contribution in [1.82, 2.24) is 5.27 Å². The van der Waals surface area contributed by atoms with Gasteiger partial charge in [-0.25, -0.2) is 0 Å². The molecule has 0 N–H and O–H groups in total. The molecule has 0 radical (unpaired) electrons. The minimum Gasteiger partial charge on any atom is -0.539 e. The van der Waals surface area contributed by atoms with Gasteiger partial charge in [0.25, 0.3) is 0 Å². The fraction of sp³-hybridized carbons (Fsp3) is 0.167. The smallest absolute Gasteiger partial charge is 0.307 e. The highest BCUT2D eigenvalue weighted by Crippen LogP contribution is 2.21. The molecule has 6 nitrogen and oxygen atoms in total. The van der Waals surface area contributed by atoms with Crippen molar-refractivity contribution in [3.05, 3.63) is 59.8 Å². The predicted octanol–water partition coefficient (Wildman–Crippen LogP) is 2.32. The number of ether oxygens (including phenoxy) is 1. The highest BCUT2D eigenvalue weighted by atomic mass is 32.2. The van der Waals surface area contributed by atoms with E-state index >= 15 is 0 Å². The molecule has 0 aliphatic carbocycles. The summed E-state index contributed by atoms with van der Waals surface area (Å²) in [5.41, 5.74) is 1.61. The molecule has 3 aromatic rings. The van der Waals surface area contributed by atoms with E-state index in [-0.39, 0.29) is 17.2 Å². The van der Waals surface area contributed by atoms with Gasteiger partial charge in [0.2, 0.25) is 11.5 Å². The number of thioether (sulfide) groups is 1. The summed E-state index contributed by atoms with van der Waals surface area (Å²) >= 11 is 1.36. The van der Waals surface area contributed by atoms with E-state index in [0.717, 1.165) is 10.5 Å². The molecule has 3 rings (SSSR count). The topological polar surface area (TPSA) is 79.3 Å². The highest BCUT2D eigenvalue weighted by Gasteiger charge is 2.27. The number of ketones is 1. The quantitative estimate of drug-likeness (QED) is 0.383. The fourth-order valence-electron chi connectivity index (χ4n) is 2.23. The summed E-state index contributed by atoms with van der Waals surface area (Å²) in [6.07, 6.45) is 0. The number of methoxy groups -OCH3 is 1. The summed E-state index contributed by atoms with van der Waals surface area (Å²) < 4.78 is 11.0. The maximum atomic E-state index is 12.5. The van der Waals surface area contributed by atoms with E-state index in [0.29, 0.717) is 11.4 Å². The molecule has 0 aliphatic rings. The van der Waals surface area contributed by atoms with Crippen LogP contribution in [-0.4, -0.2) is 23.9 Å². The Labute approximate surface area is 149 Å². The number of aryl methyl sites for hydroxylation is 1. The Bertz CT molecular complexity index is 873. The van der Waals surface area contributed by atoms with Crippen LogP contribution in [0, 0.1) is 6.92 Å². The van der Waals surface area contributed by atoms with Gasteiger partial charge >= 0.3 is 5.69 Å². The normalized spacial score (nSPS) is 10.6. The third kappa shape index (κ3) is 3.83. The lowest BCUT2D eigenvalue weighted by atomic mass is 10.2. The lowest BCUT2D eigenvalue weighted by Gasteiger charge is -2.01. The maximum Gasteiger partial charge on any atom is 0.307 e. The first-order chi connectivity index (χ1) is 12.1. The van der Waals surface area contributed by atoms with Gasteiger partial charge in [-0.3, -0.25) is 4.79 Å². The fourth-order valence-corrected chi connectivity index (χ4v) is 2.99. The second-order valence-corrected chi connectivity index (χ2v) is 6.39. The second-order valence-electron chi connectivity index (χ2n) is 5.34. The molecule has 0 saturated heterocycles. The van der Waals surface area contributed by atoms with Crippen LogP contribution in [0.25, 0.3) is 5.69 Å². The highest BCUT2D eigenvalue weighted by molar-refractivity contribution is 8.00. The Kier molecular flexibility index (Phi) is 5.04. The van der Waals surface area contributed by atoms with Gasteiger partial charge in [-0.05, 0) is 35.9 Å². The van der Waals surface area contributed by atoms with E-state index in [4.69, 9.17) is 9.26 Å². The Morgan fingerprint density at radius 2 is 1.88 bits per heavy atom. The van der Waals surface area contributed by atoms with Crippen molar-refractivity contribution in [3.8, 4) is 17.4 Å². The number of nitrogens with zero attached hydrogens (tertiary/aromatic N) is 2. The van der Waals surface area contributed by atoms with Crippen molar-refractivity contribution >= 4 is 17.5 Å². The second kappa shape index (κ2) is 7.40. The molecule has 0 fully saturated rings. The van der Waals surface area contributed by atoms with Crippen molar-refractivity contribution in [2.75, 3.05) is 12.9 Å². The lowest BCUT2D eigenvalue weighted by molar-refractivity contribution is -0.672. The van der Waals surface area contributed by atoms with Crippen LogP contribution in [-0.2, 0) is 0 Å². The first kappa shape index (κ1) is 17.0. The first-order valence-electron chi connectivity index (χ1n) is 7.54. The Balaban J connectivity index is 1.80. The molecule has 0 aliphatic heterocycles. The van der Waals surface area contributed by atoms with E-state index < -0.39 is 5.95 Å². The van der Waals surface area contributed by atoms with Crippen molar-refractivity contribution < 1.29 is 23.8 Å². The molecule has 0 amide bonds. The molecule has 0 unspecified atom stereocenters. The predicted molar refractivity (Wildman–Crippen MR) is 90.3 cm³/mol. The Morgan fingerprint density at radius 3 is 2.52 bits per heavy atom. The zero-order valence-electron chi connectivity index (χ0n) is 13.8. The summed E-state index contributed by atoms with van der Waals surface area (Å²) in [4.78, 5) is 13.5. The Morgan fingerprint density at radius 1 is 1.20 bits per heavy atom. The van der Waals surface area contributed by atoms with Crippen molar-refractivity contribution in [1.29, 1.82) is 0 Å². The van der Waals surface area contributed by atoms with Gasteiger partial charge < -0.3 is 14.4 Å². The van der Waals surface area contributed by atoms with E-state index in [1.807, 2.05) is 31.2 Å². The summed E-state index contributed by atoms with van der Waals surface area (Å²) in [7, 11) is 1.56. The molecule has 128 valence electrons. The van der Waals surface area contributed by atoms with Crippen LogP contribution in [0.15, 0.2) is 57.9 Å². The molecule has 1 heterocycles. The van der Waals surface area contributed by atoms with E-state index in [1.54, 1.807) is 31.4 Å². The summed E-state index contributed by atoms with van der Waals surface area (Å²) in [6.45, 7) is 2.00. The lowest BCUT2D eigenvalue weighted by Crippen LogP contribution is -2.39. The molecule has 0 spiro atoms. The zero-order chi connectivity index (χ0) is 17.8. The molecule has 0 saturated carbocycles. The summed E-state index contributed by atoms with van der Waals surface area (Å²) in [5, 5.41) is 15.6. The van der Waals surface area contributed by atoms with Crippen LogP contribution in [0.5, 0.6) is 11.7 Å². The number of Topliss-reactive ketones (excluding diaryl/α,β-unsaturated/α-hetero) is 1. The molecule has 2 aromatic carbocycles. The van der Waals surface area contributed by atoms with E-state index in [9.17, 15) is 9.90 Å². The molecule has 0 atom stereocenters. The number of carbonyl (C=O) groups is 1. The van der Waals surface area contributed by atoms with Crippen LogP contribution in [0.1, 0.15) is 16.1 Å². The van der Waals surface area contributed by atoms with Gasteiger partial charge in [-0.15, -0.1) is 11.8 Å². The van der Waals surface area contributed by atoms with Gasteiger partial charge in [0.1, 0.15) is 5.75 Å². The number of aromatic nitrogens is 2. The molecule has 1 aromatic heterocycles. The average Bonchev–Trinajstić information content (AvgIpc) is 3.02. The van der Waals surface area contributed by atoms with Crippen LogP contribution < -0.4 is 14.5 Å². The minimum absolute atomic E-state index is 0.0928. The van der Waals surface area contributed by atoms with Crippen LogP contribution in [0.3, 0.4) is 0 Å². The number of carbonyl (C=O) groups excluding carboxylic acids is 1. The van der Waals surface area contributed by atoms with Crippen LogP contribution >= 0.6 is 11.8 Å². The van der Waals surface area contributed by atoms with Crippen LogP contribution in [0.4, 0.5) is 0 Å². The van der Waals surface area contributed by atoms with Crippen molar-refractivity contribution in [2.24, 2.45) is 0 Å².